The molecule has 1 saturated heterocycles. The zero-order valence-corrected chi connectivity index (χ0v) is 10.2. The number of amides is 1. The summed E-state index contributed by atoms with van der Waals surface area (Å²) in [5.41, 5.74) is 5.52. The normalized spacial score (nSPS) is 20.0. The molecular formula is C10H19N3OS. The van der Waals surface area contributed by atoms with E-state index in [4.69, 9.17) is 18.0 Å². The summed E-state index contributed by atoms with van der Waals surface area (Å²) in [7, 11) is 0. The Labute approximate surface area is 96.4 Å². The van der Waals surface area contributed by atoms with Crippen LogP contribution in [0.25, 0.3) is 0 Å². The summed E-state index contributed by atoms with van der Waals surface area (Å²) < 4.78 is 0. The van der Waals surface area contributed by atoms with Crippen LogP contribution < -0.4 is 5.73 Å². The zero-order chi connectivity index (χ0) is 11.4. The molecule has 4 nitrogen and oxygen atoms in total. The summed E-state index contributed by atoms with van der Waals surface area (Å²) in [6.45, 7) is 7.22. The molecular weight excluding hydrogens is 210 g/mol. The molecule has 0 aliphatic carbocycles. The third kappa shape index (κ3) is 3.76. The number of thiocarbonyl (C=S) groups is 1. The van der Waals surface area contributed by atoms with Crippen molar-refractivity contribution in [1.29, 1.82) is 0 Å². The van der Waals surface area contributed by atoms with Gasteiger partial charge in [0.05, 0.1) is 4.99 Å². The van der Waals surface area contributed by atoms with Crippen molar-refractivity contribution >= 4 is 23.1 Å². The number of carbonyl (C=O) groups excluding carboxylic acids is 1. The molecule has 5 heteroatoms. The van der Waals surface area contributed by atoms with Gasteiger partial charge in [-0.3, -0.25) is 9.69 Å². The minimum absolute atomic E-state index is 0.164. The highest BCUT2D eigenvalue weighted by molar-refractivity contribution is 7.80. The maximum atomic E-state index is 11.1. The summed E-state index contributed by atoms with van der Waals surface area (Å²) in [5.74, 6) is 0.164. The molecule has 1 aliphatic rings. The quantitative estimate of drug-likeness (QED) is 0.703. The van der Waals surface area contributed by atoms with Gasteiger partial charge < -0.3 is 10.6 Å². The average molecular weight is 229 g/mol. The summed E-state index contributed by atoms with van der Waals surface area (Å²) in [6, 6.07) is 0.386. The monoisotopic (exact) mass is 229 g/mol. The van der Waals surface area contributed by atoms with Crippen LogP contribution in [0, 0.1) is 0 Å². The third-order valence-electron chi connectivity index (χ3n) is 2.88. The van der Waals surface area contributed by atoms with E-state index in [1.54, 1.807) is 6.92 Å². The van der Waals surface area contributed by atoms with Crippen LogP contribution in [0.4, 0.5) is 0 Å². The second kappa shape index (κ2) is 5.42. The topological polar surface area (TPSA) is 49.6 Å². The first-order valence-electron chi connectivity index (χ1n) is 5.28. The largest absolute Gasteiger partial charge is 0.393 e. The average Bonchev–Trinajstić information content (AvgIpc) is 2.17. The molecule has 1 unspecified atom stereocenters. The van der Waals surface area contributed by atoms with Crippen molar-refractivity contribution in [2.24, 2.45) is 5.73 Å². The van der Waals surface area contributed by atoms with Gasteiger partial charge in [0.15, 0.2) is 0 Å². The van der Waals surface area contributed by atoms with E-state index in [0.29, 0.717) is 11.0 Å². The van der Waals surface area contributed by atoms with Crippen LogP contribution in [0.2, 0.25) is 0 Å². The van der Waals surface area contributed by atoms with Gasteiger partial charge in [0.25, 0.3) is 0 Å². The Morgan fingerprint density at radius 2 is 1.93 bits per heavy atom. The van der Waals surface area contributed by atoms with Crippen molar-refractivity contribution < 1.29 is 4.79 Å². The van der Waals surface area contributed by atoms with E-state index in [9.17, 15) is 4.79 Å². The Bertz CT molecular complexity index is 249. The maximum absolute atomic E-state index is 11.1. The maximum Gasteiger partial charge on any atom is 0.219 e. The van der Waals surface area contributed by atoms with Crippen LogP contribution in [0.3, 0.4) is 0 Å². The molecule has 1 atom stereocenters. The Morgan fingerprint density at radius 1 is 1.40 bits per heavy atom. The molecule has 1 aliphatic heterocycles. The Kier molecular flexibility index (Phi) is 4.47. The van der Waals surface area contributed by atoms with E-state index >= 15 is 0 Å². The van der Waals surface area contributed by atoms with Gasteiger partial charge in [0.1, 0.15) is 0 Å². The molecule has 0 aromatic carbocycles. The first-order chi connectivity index (χ1) is 7.00. The predicted molar refractivity (Wildman–Crippen MR) is 64.7 cm³/mol. The molecule has 0 saturated carbocycles. The number of rotatable bonds is 3. The van der Waals surface area contributed by atoms with Crippen molar-refractivity contribution in [1.82, 2.24) is 9.80 Å². The van der Waals surface area contributed by atoms with Crippen molar-refractivity contribution in [3.05, 3.63) is 0 Å². The Balaban J connectivity index is 2.36. The van der Waals surface area contributed by atoms with Crippen molar-refractivity contribution in [2.75, 3.05) is 26.2 Å². The van der Waals surface area contributed by atoms with Gasteiger partial charge in [-0.1, -0.05) is 12.2 Å². The first kappa shape index (κ1) is 12.4. The highest BCUT2D eigenvalue weighted by Gasteiger charge is 2.22. The number of hydrogen-bond donors (Lipinski definition) is 1. The van der Waals surface area contributed by atoms with Crippen LogP contribution in [-0.2, 0) is 4.79 Å². The van der Waals surface area contributed by atoms with Crippen LogP contribution in [0.15, 0.2) is 0 Å². The van der Waals surface area contributed by atoms with Crippen LogP contribution in [0.5, 0.6) is 0 Å². The lowest BCUT2D eigenvalue weighted by molar-refractivity contribution is -0.130. The van der Waals surface area contributed by atoms with E-state index in [2.05, 4.69) is 11.8 Å². The third-order valence-corrected chi connectivity index (χ3v) is 3.05. The zero-order valence-electron chi connectivity index (χ0n) is 9.40. The van der Waals surface area contributed by atoms with Gasteiger partial charge in [0.2, 0.25) is 5.91 Å². The molecule has 0 radical (unpaired) electrons. The number of nitrogens with zero attached hydrogens (tertiary/aromatic N) is 2. The van der Waals surface area contributed by atoms with E-state index in [1.807, 2.05) is 4.90 Å². The van der Waals surface area contributed by atoms with Crippen LogP contribution in [0.1, 0.15) is 20.3 Å². The smallest absolute Gasteiger partial charge is 0.219 e. The Morgan fingerprint density at radius 3 is 2.33 bits per heavy atom. The lowest BCUT2D eigenvalue weighted by Gasteiger charge is -2.37. The molecule has 1 fully saturated rings. The predicted octanol–water partition coefficient (Wildman–Crippen LogP) is 0.215. The van der Waals surface area contributed by atoms with Crippen molar-refractivity contribution in [3.63, 3.8) is 0 Å². The van der Waals surface area contributed by atoms with Gasteiger partial charge in [-0.2, -0.15) is 0 Å². The van der Waals surface area contributed by atoms with Gasteiger partial charge in [-0.15, -0.1) is 0 Å². The van der Waals surface area contributed by atoms with Gasteiger partial charge in [-0.25, -0.2) is 0 Å². The molecule has 1 rings (SSSR count). The molecule has 86 valence electrons. The Hall–Kier alpha value is -0.680. The molecule has 1 heterocycles. The minimum atomic E-state index is 0.164. The molecule has 1 amide bonds. The second-order valence-electron chi connectivity index (χ2n) is 4.06. The second-order valence-corrected chi connectivity index (χ2v) is 4.59. The summed E-state index contributed by atoms with van der Waals surface area (Å²) in [4.78, 5) is 15.9. The number of nitrogens with two attached hydrogens (primary N) is 1. The summed E-state index contributed by atoms with van der Waals surface area (Å²) in [5, 5.41) is 0. The van der Waals surface area contributed by atoms with Gasteiger partial charge >= 0.3 is 0 Å². The number of piperazine rings is 1. The van der Waals surface area contributed by atoms with Crippen molar-refractivity contribution in [3.8, 4) is 0 Å². The van der Waals surface area contributed by atoms with Crippen LogP contribution in [-0.4, -0.2) is 52.9 Å². The van der Waals surface area contributed by atoms with E-state index < -0.39 is 0 Å². The molecule has 0 spiro atoms. The SMILES string of the molecule is CC(=O)N1CCN(C(C)CC(N)=S)CC1. The number of hydrogen-bond acceptors (Lipinski definition) is 3. The fraction of sp³-hybridized carbons (Fsp3) is 0.800. The lowest BCUT2D eigenvalue weighted by Crippen LogP contribution is -2.51. The van der Waals surface area contributed by atoms with E-state index in [-0.39, 0.29) is 5.91 Å². The molecule has 15 heavy (non-hydrogen) atoms. The van der Waals surface area contributed by atoms with Crippen molar-refractivity contribution in [2.45, 2.75) is 26.3 Å². The number of carbonyl (C=O) groups is 1. The standard InChI is InChI=1S/C10H19N3OS/c1-8(7-10(11)15)12-3-5-13(6-4-12)9(2)14/h8H,3-7H2,1-2H3,(H2,11,15). The first-order valence-corrected chi connectivity index (χ1v) is 5.69. The van der Waals surface area contributed by atoms with Gasteiger partial charge in [0, 0.05) is 45.6 Å². The van der Waals surface area contributed by atoms with E-state index in [1.165, 1.54) is 0 Å². The fourth-order valence-corrected chi connectivity index (χ4v) is 2.14. The highest BCUT2D eigenvalue weighted by atomic mass is 32.1. The lowest BCUT2D eigenvalue weighted by atomic mass is 10.1. The van der Waals surface area contributed by atoms with Gasteiger partial charge in [-0.05, 0) is 6.92 Å². The molecule has 2 N–H and O–H groups in total. The molecule has 0 bridgehead atoms. The van der Waals surface area contributed by atoms with E-state index in [0.717, 1.165) is 32.6 Å². The fourth-order valence-electron chi connectivity index (χ4n) is 1.90. The summed E-state index contributed by atoms with van der Waals surface area (Å²) >= 11 is 4.89. The molecule has 0 aromatic heterocycles. The highest BCUT2D eigenvalue weighted by Crippen LogP contribution is 2.09. The molecule has 0 aromatic rings. The summed E-state index contributed by atoms with van der Waals surface area (Å²) in [6.07, 6.45) is 0.759. The minimum Gasteiger partial charge on any atom is -0.393 e. The van der Waals surface area contributed by atoms with Crippen LogP contribution >= 0.6 is 12.2 Å².